The zero-order valence-corrected chi connectivity index (χ0v) is 16.7. The summed E-state index contributed by atoms with van der Waals surface area (Å²) in [7, 11) is 0. The average Bonchev–Trinajstić information content (AvgIpc) is 3.07. The number of anilines is 1. The smallest absolute Gasteiger partial charge is 0.322 e. The standard InChI is InChI=1S/C21H31N3O3/c1-15(2)5-4-6-18-14-23(11-12-27-18)20(25)17-8-7-16(3)19(13-17)24-10-9-22-21(24)26/h7-8,13,15,18H,4-6,9-12,14H2,1-3H3,(H,22,26)/t18-/m1/s1. The van der Waals surface area contributed by atoms with Crippen LogP contribution in [0.2, 0.25) is 0 Å². The van der Waals surface area contributed by atoms with E-state index in [1.165, 1.54) is 6.42 Å². The van der Waals surface area contributed by atoms with Crippen molar-refractivity contribution in [3.05, 3.63) is 29.3 Å². The highest BCUT2D eigenvalue weighted by molar-refractivity contribution is 5.99. The topological polar surface area (TPSA) is 61.9 Å². The van der Waals surface area contributed by atoms with E-state index in [0.717, 1.165) is 24.1 Å². The highest BCUT2D eigenvalue weighted by Crippen LogP contribution is 2.25. The van der Waals surface area contributed by atoms with Crippen LogP contribution >= 0.6 is 0 Å². The molecule has 0 radical (unpaired) electrons. The van der Waals surface area contributed by atoms with Crippen LogP contribution in [-0.4, -0.2) is 55.7 Å². The number of urea groups is 1. The highest BCUT2D eigenvalue weighted by Gasteiger charge is 2.27. The van der Waals surface area contributed by atoms with Gasteiger partial charge in [-0.15, -0.1) is 0 Å². The van der Waals surface area contributed by atoms with E-state index in [1.807, 2.05) is 30.0 Å². The first kappa shape index (κ1) is 19.7. The number of benzene rings is 1. The lowest BCUT2D eigenvalue weighted by Gasteiger charge is -2.33. The summed E-state index contributed by atoms with van der Waals surface area (Å²) in [5.74, 6) is 0.716. The summed E-state index contributed by atoms with van der Waals surface area (Å²) in [5, 5.41) is 2.82. The lowest BCUT2D eigenvalue weighted by atomic mass is 10.0. The van der Waals surface area contributed by atoms with Gasteiger partial charge in [-0.3, -0.25) is 9.69 Å². The number of amides is 3. The van der Waals surface area contributed by atoms with Crippen LogP contribution in [0.1, 0.15) is 49.0 Å². The molecule has 2 fully saturated rings. The van der Waals surface area contributed by atoms with Gasteiger partial charge in [0.05, 0.1) is 12.7 Å². The fourth-order valence-corrected chi connectivity index (χ4v) is 3.75. The largest absolute Gasteiger partial charge is 0.375 e. The molecule has 3 rings (SSSR count). The van der Waals surface area contributed by atoms with Gasteiger partial charge in [0, 0.05) is 37.4 Å². The molecule has 0 bridgehead atoms. The maximum Gasteiger partial charge on any atom is 0.322 e. The Hall–Kier alpha value is -2.08. The summed E-state index contributed by atoms with van der Waals surface area (Å²) in [6, 6.07) is 5.54. The normalized spacial score (nSPS) is 20.3. The van der Waals surface area contributed by atoms with Crippen molar-refractivity contribution in [1.82, 2.24) is 10.2 Å². The third-order valence-electron chi connectivity index (χ3n) is 5.34. The number of hydrogen-bond donors (Lipinski definition) is 1. The Morgan fingerprint density at radius 2 is 2.15 bits per heavy atom. The second-order valence-corrected chi connectivity index (χ2v) is 7.95. The molecule has 1 atom stereocenters. The van der Waals surface area contributed by atoms with E-state index in [1.54, 1.807) is 4.90 Å². The number of hydrogen-bond acceptors (Lipinski definition) is 3. The van der Waals surface area contributed by atoms with E-state index in [-0.39, 0.29) is 18.0 Å². The van der Waals surface area contributed by atoms with E-state index in [2.05, 4.69) is 19.2 Å². The van der Waals surface area contributed by atoms with Crippen molar-refractivity contribution in [3.63, 3.8) is 0 Å². The second-order valence-electron chi connectivity index (χ2n) is 7.95. The molecule has 6 nitrogen and oxygen atoms in total. The molecule has 27 heavy (non-hydrogen) atoms. The molecule has 0 unspecified atom stereocenters. The number of carbonyl (C=O) groups excluding carboxylic acids is 2. The number of morpholine rings is 1. The summed E-state index contributed by atoms with van der Waals surface area (Å²) < 4.78 is 5.86. The zero-order valence-electron chi connectivity index (χ0n) is 16.7. The van der Waals surface area contributed by atoms with Gasteiger partial charge in [0.15, 0.2) is 0 Å². The van der Waals surface area contributed by atoms with Crippen LogP contribution in [0.15, 0.2) is 18.2 Å². The minimum atomic E-state index is -0.0979. The van der Waals surface area contributed by atoms with Gasteiger partial charge in [0.1, 0.15) is 0 Å². The molecule has 0 aliphatic carbocycles. The molecule has 1 aromatic rings. The monoisotopic (exact) mass is 373 g/mol. The molecule has 3 amide bonds. The molecule has 2 aliphatic heterocycles. The van der Waals surface area contributed by atoms with Crippen molar-refractivity contribution in [1.29, 1.82) is 0 Å². The Morgan fingerprint density at radius 3 is 2.85 bits per heavy atom. The van der Waals surface area contributed by atoms with Crippen LogP contribution in [0.3, 0.4) is 0 Å². The number of nitrogens with zero attached hydrogens (tertiary/aromatic N) is 2. The summed E-state index contributed by atoms with van der Waals surface area (Å²) >= 11 is 0. The number of carbonyl (C=O) groups is 2. The summed E-state index contributed by atoms with van der Waals surface area (Å²) in [5.41, 5.74) is 2.45. The van der Waals surface area contributed by atoms with Gasteiger partial charge in [-0.25, -0.2) is 4.79 Å². The van der Waals surface area contributed by atoms with Crippen molar-refractivity contribution < 1.29 is 14.3 Å². The molecule has 1 aromatic carbocycles. The molecule has 0 saturated carbocycles. The molecular weight excluding hydrogens is 342 g/mol. The number of rotatable bonds is 6. The van der Waals surface area contributed by atoms with Crippen molar-refractivity contribution in [2.75, 3.05) is 37.7 Å². The van der Waals surface area contributed by atoms with Crippen LogP contribution in [0.25, 0.3) is 0 Å². The van der Waals surface area contributed by atoms with Crippen LogP contribution in [0.4, 0.5) is 10.5 Å². The van der Waals surface area contributed by atoms with E-state index >= 15 is 0 Å². The van der Waals surface area contributed by atoms with Crippen LogP contribution in [-0.2, 0) is 4.74 Å². The van der Waals surface area contributed by atoms with Gasteiger partial charge in [-0.05, 0) is 37.0 Å². The Balaban J connectivity index is 1.67. The van der Waals surface area contributed by atoms with E-state index in [4.69, 9.17) is 4.74 Å². The van der Waals surface area contributed by atoms with Gasteiger partial charge >= 0.3 is 6.03 Å². The maximum atomic E-state index is 13.0. The quantitative estimate of drug-likeness (QED) is 0.833. The van der Waals surface area contributed by atoms with Gasteiger partial charge in [0.2, 0.25) is 0 Å². The van der Waals surface area contributed by atoms with Gasteiger partial charge in [-0.1, -0.05) is 32.8 Å². The molecule has 2 heterocycles. The van der Waals surface area contributed by atoms with E-state index in [0.29, 0.717) is 44.3 Å². The Morgan fingerprint density at radius 1 is 1.33 bits per heavy atom. The van der Waals surface area contributed by atoms with Gasteiger partial charge in [0.25, 0.3) is 5.91 Å². The van der Waals surface area contributed by atoms with Crippen LogP contribution < -0.4 is 10.2 Å². The number of aryl methyl sites for hydroxylation is 1. The van der Waals surface area contributed by atoms with Crippen molar-refractivity contribution in [2.45, 2.75) is 46.1 Å². The van der Waals surface area contributed by atoms with Gasteiger partial charge < -0.3 is 15.0 Å². The van der Waals surface area contributed by atoms with Crippen molar-refractivity contribution in [2.24, 2.45) is 5.92 Å². The first-order chi connectivity index (χ1) is 13.0. The molecule has 6 heteroatoms. The molecule has 2 aliphatic rings. The Labute approximate surface area is 161 Å². The fraction of sp³-hybridized carbons (Fsp3) is 0.619. The third-order valence-corrected chi connectivity index (χ3v) is 5.34. The predicted octanol–water partition coefficient (Wildman–Crippen LogP) is 3.19. The second kappa shape index (κ2) is 8.74. The molecular formula is C21H31N3O3. The zero-order chi connectivity index (χ0) is 19.4. The van der Waals surface area contributed by atoms with Crippen molar-refractivity contribution >= 4 is 17.6 Å². The first-order valence-corrected chi connectivity index (χ1v) is 10.0. The highest BCUT2D eigenvalue weighted by atomic mass is 16.5. The minimum Gasteiger partial charge on any atom is -0.375 e. The van der Waals surface area contributed by atoms with E-state index in [9.17, 15) is 9.59 Å². The Kier molecular flexibility index (Phi) is 6.37. The SMILES string of the molecule is Cc1ccc(C(=O)N2CCO[C@H](CCCC(C)C)C2)cc1N1CCNC1=O. The summed E-state index contributed by atoms with van der Waals surface area (Å²) in [4.78, 5) is 28.6. The summed E-state index contributed by atoms with van der Waals surface area (Å²) in [6.07, 6.45) is 3.43. The minimum absolute atomic E-state index is 0.0213. The Bertz CT molecular complexity index is 689. The van der Waals surface area contributed by atoms with Gasteiger partial charge in [-0.2, -0.15) is 0 Å². The number of ether oxygens (including phenoxy) is 1. The average molecular weight is 373 g/mol. The number of nitrogens with one attached hydrogen (secondary N) is 1. The lowest BCUT2D eigenvalue weighted by Crippen LogP contribution is -2.45. The molecule has 148 valence electrons. The van der Waals surface area contributed by atoms with Crippen LogP contribution in [0, 0.1) is 12.8 Å². The lowest BCUT2D eigenvalue weighted by molar-refractivity contribution is -0.0260. The summed E-state index contributed by atoms with van der Waals surface area (Å²) in [6.45, 7) is 9.54. The maximum absolute atomic E-state index is 13.0. The molecule has 1 N–H and O–H groups in total. The third kappa shape index (κ3) is 4.80. The van der Waals surface area contributed by atoms with Crippen molar-refractivity contribution in [3.8, 4) is 0 Å². The molecule has 0 spiro atoms. The molecule has 2 saturated heterocycles. The predicted molar refractivity (Wildman–Crippen MR) is 106 cm³/mol. The molecule has 0 aromatic heterocycles. The van der Waals surface area contributed by atoms with Crippen LogP contribution in [0.5, 0.6) is 0 Å². The fourth-order valence-electron chi connectivity index (χ4n) is 3.75. The first-order valence-electron chi connectivity index (χ1n) is 10.0. The van der Waals surface area contributed by atoms with E-state index < -0.39 is 0 Å².